The van der Waals surface area contributed by atoms with Gasteiger partial charge < -0.3 is 38.8 Å². The molecule has 17 heteroatoms. The number of hydrogen-bond donors (Lipinski definition) is 4. The average molecular weight is 542 g/mol. The lowest BCUT2D eigenvalue weighted by atomic mass is 10.1. The fourth-order valence-corrected chi connectivity index (χ4v) is 6.89. The van der Waals surface area contributed by atoms with Crippen molar-refractivity contribution in [3.63, 3.8) is 0 Å². The van der Waals surface area contributed by atoms with Crippen LogP contribution in [0.5, 0.6) is 5.88 Å². The second-order valence-electron chi connectivity index (χ2n) is 7.62. The minimum atomic E-state index is -3.96. The van der Waals surface area contributed by atoms with E-state index in [-0.39, 0.29) is 25.2 Å². The highest BCUT2D eigenvalue weighted by atomic mass is 32.7. The SMILES string of the molecule is NC=N[C@@H]1O[C@H]2COP(O)(=S)O[C@H]3C[C@H](Oc4ccncn4)C[C@@H]3COP(=O)(S)O[C@@H]1[C@@H]2O. The zero-order chi connectivity index (χ0) is 23.6. The first-order chi connectivity index (χ1) is 15.7. The summed E-state index contributed by atoms with van der Waals surface area (Å²) in [6, 6.07) is 1.61. The first kappa shape index (κ1) is 25.4. The smallest absolute Gasteiger partial charge is 0.386 e. The van der Waals surface area contributed by atoms with E-state index in [1.807, 2.05) is 0 Å². The molecule has 13 nitrogen and oxygen atoms in total. The van der Waals surface area contributed by atoms with Crippen LogP contribution in [0.4, 0.5) is 0 Å². The summed E-state index contributed by atoms with van der Waals surface area (Å²) in [5.74, 6) is -0.00206. The summed E-state index contributed by atoms with van der Waals surface area (Å²) in [7, 11) is 0. The van der Waals surface area contributed by atoms with Crippen molar-refractivity contribution >= 4 is 43.9 Å². The van der Waals surface area contributed by atoms with Crippen molar-refractivity contribution in [1.29, 1.82) is 0 Å². The number of nitrogens with two attached hydrogens (primary N) is 1. The Kier molecular flexibility index (Phi) is 8.08. The lowest BCUT2D eigenvalue weighted by Crippen LogP contribution is -2.35. The van der Waals surface area contributed by atoms with E-state index in [9.17, 15) is 14.6 Å². The van der Waals surface area contributed by atoms with Crippen molar-refractivity contribution in [2.75, 3.05) is 13.2 Å². The van der Waals surface area contributed by atoms with Crippen LogP contribution in [0.2, 0.25) is 0 Å². The zero-order valence-electron chi connectivity index (χ0n) is 17.1. The van der Waals surface area contributed by atoms with Gasteiger partial charge in [0.1, 0.15) is 30.7 Å². The van der Waals surface area contributed by atoms with E-state index in [1.54, 1.807) is 12.3 Å². The molecule has 4 N–H and O–H groups in total. The first-order valence-electron chi connectivity index (χ1n) is 9.97. The number of aliphatic imine (C=N–C) groups is 1. The molecule has 9 atom stereocenters. The molecule has 1 aromatic rings. The number of thiol groups is 1. The van der Waals surface area contributed by atoms with E-state index in [1.165, 1.54) is 6.33 Å². The second-order valence-corrected chi connectivity index (χ2v) is 13.3. The Bertz CT molecular complexity index is 948. The Labute approximate surface area is 199 Å². The topological polar surface area (TPSA) is 177 Å². The van der Waals surface area contributed by atoms with Crippen LogP contribution >= 0.6 is 25.8 Å². The zero-order valence-corrected chi connectivity index (χ0v) is 20.6. The van der Waals surface area contributed by atoms with Gasteiger partial charge in [-0.15, -0.1) is 0 Å². The summed E-state index contributed by atoms with van der Waals surface area (Å²) in [5.41, 5.74) is 5.33. The number of hydrogen-bond acceptors (Lipinski definition) is 12. The maximum atomic E-state index is 12.9. The molecule has 2 aliphatic heterocycles. The van der Waals surface area contributed by atoms with Crippen LogP contribution in [0.15, 0.2) is 23.6 Å². The van der Waals surface area contributed by atoms with E-state index >= 15 is 0 Å². The molecule has 1 aliphatic carbocycles. The van der Waals surface area contributed by atoms with Crippen molar-refractivity contribution in [2.24, 2.45) is 16.6 Å². The fraction of sp³-hybridized carbons (Fsp3) is 0.688. The highest BCUT2D eigenvalue weighted by molar-refractivity contribution is 8.44. The molecule has 2 bridgehead atoms. The number of ether oxygens (including phenoxy) is 2. The third kappa shape index (κ3) is 6.50. The van der Waals surface area contributed by atoms with E-state index < -0.39 is 44.2 Å². The van der Waals surface area contributed by atoms with Gasteiger partial charge in [-0.25, -0.2) is 19.5 Å². The Balaban J connectivity index is 1.53. The molecule has 0 amide bonds. The molecule has 0 aromatic carbocycles. The molecule has 0 radical (unpaired) electrons. The van der Waals surface area contributed by atoms with Crippen LogP contribution in [-0.2, 0) is 39.2 Å². The molecule has 2 saturated heterocycles. The molecule has 33 heavy (non-hydrogen) atoms. The number of nitrogens with zero attached hydrogens (tertiary/aromatic N) is 3. The maximum Gasteiger partial charge on any atom is 0.386 e. The van der Waals surface area contributed by atoms with Crippen LogP contribution in [0.3, 0.4) is 0 Å². The highest BCUT2D eigenvalue weighted by Crippen LogP contribution is 2.57. The van der Waals surface area contributed by atoms with Gasteiger partial charge in [-0.1, -0.05) is 12.2 Å². The molecule has 184 valence electrons. The molecule has 3 aliphatic rings. The van der Waals surface area contributed by atoms with Crippen molar-refractivity contribution < 1.29 is 42.1 Å². The molecular weight excluding hydrogens is 518 g/mol. The Hall–Kier alpha value is -0.700. The van der Waals surface area contributed by atoms with E-state index in [2.05, 4.69) is 27.2 Å². The van der Waals surface area contributed by atoms with Gasteiger partial charge in [-0.2, -0.15) is 0 Å². The Morgan fingerprint density at radius 3 is 2.85 bits per heavy atom. The van der Waals surface area contributed by atoms with Gasteiger partial charge in [-0.3, -0.25) is 4.52 Å². The first-order valence-corrected chi connectivity index (χ1v) is 15.3. The third-order valence-corrected chi connectivity index (χ3v) is 8.55. The van der Waals surface area contributed by atoms with Crippen molar-refractivity contribution in [3.05, 3.63) is 18.6 Å². The van der Waals surface area contributed by atoms with E-state index in [0.717, 1.165) is 6.34 Å². The van der Waals surface area contributed by atoms with Gasteiger partial charge in [0.25, 0.3) is 0 Å². The molecule has 2 unspecified atom stereocenters. The molecule has 1 aromatic heterocycles. The highest BCUT2D eigenvalue weighted by Gasteiger charge is 2.49. The number of fused-ring (bicyclic) bond motifs is 3. The quantitative estimate of drug-likeness (QED) is 0.183. The minimum Gasteiger partial charge on any atom is -0.474 e. The molecule has 4 rings (SSSR count). The summed E-state index contributed by atoms with van der Waals surface area (Å²) < 4.78 is 46.5. The Morgan fingerprint density at radius 1 is 1.30 bits per heavy atom. The maximum absolute atomic E-state index is 12.9. The summed E-state index contributed by atoms with van der Waals surface area (Å²) in [6.45, 7) is -8.13. The number of aliphatic hydroxyl groups excluding tert-OH is 1. The van der Waals surface area contributed by atoms with Gasteiger partial charge in [0.15, 0.2) is 6.23 Å². The second kappa shape index (κ2) is 10.5. The molecule has 0 spiro atoms. The van der Waals surface area contributed by atoms with Crippen LogP contribution < -0.4 is 10.5 Å². The predicted octanol–water partition coefficient (Wildman–Crippen LogP) is 0.779. The van der Waals surface area contributed by atoms with E-state index in [0.29, 0.717) is 18.7 Å². The van der Waals surface area contributed by atoms with Crippen LogP contribution in [0.25, 0.3) is 0 Å². The van der Waals surface area contributed by atoms with Crippen molar-refractivity contribution in [3.8, 4) is 5.88 Å². The fourth-order valence-electron chi connectivity index (χ4n) is 3.87. The van der Waals surface area contributed by atoms with Gasteiger partial charge >= 0.3 is 13.5 Å². The minimum absolute atomic E-state index is 0.109. The number of aromatic nitrogens is 2. The lowest BCUT2D eigenvalue weighted by Gasteiger charge is -2.26. The molecule has 1 saturated carbocycles. The van der Waals surface area contributed by atoms with Crippen molar-refractivity contribution in [1.82, 2.24) is 9.97 Å². The molecule has 3 heterocycles. The summed E-state index contributed by atoms with van der Waals surface area (Å²) >= 11 is 9.19. The Morgan fingerprint density at radius 2 is 2.12 bits per heavy atom. The standard InChI is InChI=1S/C16H24N4O9P2S2/c17-7-19-16-15-14(21)12(27-16)6-25-30(22,32)28-11-4-10(26-13-1-2-18-8-20-13)3-9(11)5-24-31(23,33)29-15/h1-2,7-12,14-16,21H,3-6H2,(H2,17,19)(H,22,32)(H,23,33)/t9-,10-,11+,12+,14-,15-,16-,30?,31?/m1/s1. The largest absolute Gasteiger partial charge is 0.474 e. The van der Waals surface area contributed by atoms with Gasteiger partial charge in [0.2, 0.25) is 5.88 Å². The van der Waals surface area contributed by atoms with Gasteiger partial charge in [0, 0.05) is 24.6 Å². The van der Waals surface area contributed by atoms with Crippen LogP contribution in [0, 0.1) is 5.92 Å². The van der Waals surface area contributed by atoms with E-state index in [4.69, 9.17) is 45.1 Å². The van der Waals surface area contributed by atoms with Crippen LogP contribution in [-0.4, -0.2) is 76.3 Å². The predicted molar refractivity (Wildman–Crippen MR) is 121 cm³/mol. The van der Waals surface area contributed by atoms with Crippen LogP contribution in [0.1, 0.15) is 12.8 Å². The normalized spacial score (nSPS) is 44.5. The molecule has 3 fully saturated rings. The number of rotatable bonds is 3. The summed E-state index contributed by atoms with van der Waals surface area (Å²) in [6.07, 6.45) is -0.955. The molecular formula is C16H24N4O9P2S2. The summed E-state index contributed by atoms with van der Waals surface area (Å²) in [4.78, 5) is 22.4. The third-order valence-electron chi connectivity index (χ3n) is 5.35. The average Bonchev–Trinajstić information content (AvgIpc) is 3.26. The van der Waals surface area contributed by atoms with Gasteiger partial charge in [-0.05, 0) is 18.2 Å². The van der Waals surface area contributed by atoms with Gasteiger partial charge in [0.05, 0.1) is 25.7 Å². The monoisotopic (exact) mass is 542 g/mol. The number of aliphatic hydroxyl groups is 1. The summed E-state index contributed by atoms with van der Waals surface area (Å²) in [5, 5.41) is 10.6. The lowest BCUT2D eigenvalue weighted by molar-refractivity contribution is -0.0203. The van der Waals surface area contributed by atoms with Crippen molar-refractivity contribution in [2.45, 2.75) is 49.6 Å².